The van der Waals surface area contributed by atoms with Crippen LogP contribution in [0, 0.1) is 15.9 Å². The van der Waals surface area contributed by atoms with Crippen LogP contribution in [0.2, 0.25) is 0 Å². The molecule has 1 aliphatic heterocycles. The van der Waals surface area contributed by atoms with Crippen LogP contribution in [0.1, 0.15) is 13.3 Å². The molecular formula is C13H16FN3O3. The second kappa shape index (κ2) is 5.85. The van der Waals surface area contributed by atoms with Gasteiger partial charge in [0, 0.05) is 32.6 Å². The van der Waals surface area contributed by atoms with Crippen molar-refractivity contribution in [2.24, 2.45) is 0 Å². The minimum absolute atomic E-state index is 0.0817. The molecular weight excluding hydrogens is 265 g/mol. The number of carbonyl (C=O) groups is 1. The highest BCUT2D eigenvalue weighted by molar-refractivity contribution is 5.76. The summed E-state index contributed by atoms with van der Waals surface area (Å²) in [6, 6.07) is 3.57. The number of hydrogen-bond acceptors (Lipinski definition) is 4. The molecule has 0 unspecified atom stereocenters. The van der Waals surface area contributed by atoms with E-state index in [1.54, 1.807) is 11.8 Å². The molecule has 0 radical (unpaired) electrons. The maximum Gasteiger partial charge on any atom is 0.295 e. The van der Waals surface area contributed by atoms with Crippen LogP contribution in [-0.2, 0) is 4.79 Å². The Kier molecular flexibility index (Phi) is 4.16. The maximum absolute atomic E-state index is 13.1. The largest absolute Gasteiger partial charge is 0.362 e. The lowest BCUT2D eigenvalue weighted by Crippen LogP contribution is -2.48. The second-order valence-electron chi connectivity index (χ2n) is 4.61. The highest BCUT2D eigenvalue weighted by atomic mass is 19.1. The monoisotopic (exact) mass is 281 g/mol. The number of benzene rings is 1. The molecule has 1 aliphatic rings. The fourth-order valence-electron chi connectivity index (χ4n) is 2.33. The van der Waals surface area contributed by atoms with Gasteiger partial charge in [-0.2, -0.15) is 0 Å². The summed E-state index contributed by atoms with van der Waals surface area (Å²) in [4.78, 5) is 25.5. The van der Waals surface area contributed by atoms with Gasteiger partial charge in [0.15, 0.2) is 0 Å². The molecule has 1 fully saturated rings. The first-order valence-electron chi connectivity index (χ1n) is 6.49. The molecule has 0 aromatic heterocycles. The van der Waals surface area contributed by atoms with Gasteiger partial charge in [-0.05, 0) is 12.1 Å². The molecule has 1 amide bonds. The summed E-state index contributed by atoms with van der Waals surface area (Å²) in [6.07, 6.45) is 0.455. The molecule has 7 heteroatoms. The van der Waals surface area contributed by atoms with Crippen molar-refractivity contribution in [1.82, 2.24) is 4.90 Å². The Labute approximate surface area is 115 Å². The number of piperazine rings is 1. The molecule has 0 atom stereocenters. The lowest BCUT2D eigenvalue weighted by molar-refractivity contribution is -0.384. The van der Waals surface area contributed by atoms with E-state index in [9.17, 15) is 19.3 Å². The Balaban J connectivity index is 2.15. The Bertz CT molecular complexity index is 528. The first kappa shape index (κ1) is 14.2. The van der Waals surface area contributed by atoms with E-state index < -0.39 is 10.7 Å². The van der Waals surface area contributed by atoms with E-state index >= 15 is 0 Å². The number of nitrogens with zero attached hydrogens (tertiary/aromatic N) is 3. The number of nitro groups is 1. The average molecular weight is 281 g/mol. The average Bonchev–Trinajstić information content (AvgIpc) is 2.46. The topological polar surface area (TPSA) is 66.7 Å². The number of carbonyl (C=O) groups excluding carboxylic acids is 1. The van der Waals surface area contributed by atoms with Gasteiger partial charge < -0.3 is 9.80 Å². The Morgan fingerprint density at radius 3 is 2.55 bits per heavy atom. The van der Waals surface area contributed by atoms with E-state index in [0.717, 1.165) is 6.07 Å². The number of hydrogen-bond donors (Lipinski definition) is 0. The molecule has 6 nitrogen and oxygen atoms in total. The number of nitro benzene ring substituents is 1. The van der Waals surface area contributed by atoms with Gasteiger partial charge in [-0.1, -0.05) is 6.92 Å². The van der Waals surface area contributed by atoms with Crippen molar-refractivity contribution in [3.05, 3.63) is 34.1 Å². The van der Waals surface area contributed by atoms with Gasteiger partial charge in [0.25, 0.3) is 5.69 Å². The zero-order valence-corrected chi connectivity index (χ0v) is 11.2. The lowest BCUT2D eigenvalue weighted by Gasteiger charge is -2.35. The van der Waals surface area contributed by atoms with Crippen LogP contribution in [0.15, 0.2) is 18.2 Å². The van der Waals surface area contributed by atoms with Gasteiger partial charge in [-0.15, -0.1) is 0 Å². The van der Waals surface area contributed by atoms with Crippen molar-refractivity contribution in [1.29, 1.82) is 0 Å². The van der Waals surface area contributed by atoms with Crippen molar-refractivity contribution >= 4 is 17.3 Å². The van der Waals surface area contributed by atoms with Crippen LogP contribution < -0.4 is 4.90 Å². The Morgan fingerprint density at radius 2 is 2.00 bits per heavy atom. The molecule has 0 bridgehead atoms. The predicted molar refractivity (Wildman–Crippen MR) is 72.1 cm³/mol. The molecule has 1 aromatic carbocycles. The van der Waals surface area contributed by atoms with Crippen LogP contribution in [0.5, 0.6) is 0 Å². The van der Waals surface area contributed by atoms with E-state index in [0.29, 0.717) is 38.3 Å². The summed E-state index contributed by atoms with van der Waals surface area (Å²) in [5.41, 5.74) is 0.167. The zero-order chi connectivity index (χ0) is 14.7. The summed E-state index contributed by atoms with van der Waals surface area (Å²) < 4.78 is 13.1. The molecule has 0 N–H and O–H groups in total. The van der Waals surface area contributed by atoms with Crippen molar-refractivity contribution in [2.45, 2.75) is 13.3 Å². The van der Waals surface area contributed by atoms with Crippen molar-refractivity contribution in [3.8, 4) is 0 Å². The Hall–Kier alpha value is -2.18. The molecule has 0 spiro atoms. The normalized spacial score (nSPS) is 15.3. The molecule has 0 aliphatic carbocycles. The molecule has 1 saturated heterocycles. The van der Waals surface area contributed by atoms with Gasteiger partial charge in [-0.25, -0.2) is 4.39 Å². The standard InChI is InChI=1S/C13H16FN3O3/c1-2-13(18)16-7-5-15(6-8-16)11-4-3-10(14)9-12(11)17(19)20/h3-4,9H,2,5-8H2,1H3. The first-order valence-corrected chi connectivity index (χ1v) is 6.49. The minimum atomic E-state index is -0.625. The first-order chi connectivity index (χ1) is 9.52. The van der Waals surface area contributed by atoms with Crippen molar-refractivity contribution < 1.29 is 14.1 Å². The van der Waals surface area contributed by atoms with Crippen LogP contribution in [0.3, 0.4) is 0 Å². The number of rotatable bonds is 3. The molecule has 1 aromatic rings. The zero-order valence-electron chi connectivity index (χ0n) is 11.2. The number of amides is 1. The van der Waals surface area contributed by atoms with E-state index in [-0.39, 0.29) is 11.6 Å². The summed E-state index contributed by atoms with van der Waals surface area (Å²) in [5.74, 6) is -0.543. The number of halogens is 1. The van der Waals surface area contributed by atoms with Crippen LogP contribution in [0.25, 0.3) is 0 Å². The maximum atomic E-state index is 13.1. The van der Waals surface area contributed by atoms with Gasteiger partial charge in [-0.3, -0.25) is 14.9 Å². The number of anilines is 1. The second-order valence-corrected chi connectivity index (χ2v) is 4.61. The van der Waals surface area contributed by atoms with Crippen LogP contribution in [0.4, 0.5) is 15.8 Å². The van der Waals surface area contributed by atoms with E-state index in [4.69, 9.17) is 0 Å². The lowest BCUT2D eigenvalue weighted by atomic mass is 10.2. The van der Waals surface area contributed by atoms with Gasteiger partial charge in [0.1, 0.15) is 11.5 Å². The third-order valence-electron chi connectivity index (χ3n) is 3.41. The summed E-state index contributed by atoms with van der Waals surface area (Å²) in [7, 11) is 0. The summed E-state index contributed by atoms with van der Waals surface area (Å²) in [6.45, 7) is 3.89. The molecule has 0 saturated carbocycles. The molecule has 108 valence electrons. The highest BCUT2D eigenvalue weighted by Gasteiger charge is 2.25. The van der Waals surface area contributed by atoms with E-state index in [1.165, 1.54) is 12.1 Å². The minimum Gasteiger partial charge on any atom is -0.362 e. The molecule has 2 rings (SSSR count). The fraction of sp³-hybridized carbons (Fsp3) is 0.462. The summed E-state index contributed by atoms with van der Waals surface area (Å²) in [5, 5.41) is 11.0. The third kappa shape index (κ3) is 2.87. The van der Waals surface area contributed by atoms with Crippen LogP contribution >= 0.6 is 0 Å². The van der Waals surface area contributed by atoms with Crippen LogP contribution in [-0.4, -0.2) is 41.9 Å². The fourth-order valence-corrected chi connectivity index (χ4v) is 2.33. The predicted octanol–water partition coefficient (Wildman–Crippen LogP) is 1.79. The van der Waals surface area contributed by atoms with Gasteiger partial charge in [0.2, 0.25) is 5.91 Å². The Morgan fingerprint density at radius 1 is 1.35 bits per heavy atom. The quantitative estimate of drug-likeness (QED) is 0.626. The van der Waals surface area contributed by atoms with E-state index in [1.807, 2.05) is 4.90 Å². The SMILES string of the molecule is CCC(=O)N1CCN(c2ccc(F)cc2[N+](=O)[O-])CC1. The van der Waals surface area contributed by atoms with E-state index in [2.05, 4.69) is 0 Å². The third-order valence-corrected chi connectivity index (χ3v) is 3.41. The smallest absolute Gasteiger partial charge is 0.295 e. The molecule has 1 heterocycles. The van der Waals surface area contributed by atoms with Crippen molar-refractivity contribution in [2.75, 3.05) is 31.1 Å². The highest BCUT2D eigenvalue weighted by Crippen LogP contribution is 2.29. The van der Waals surface area contributed by atoms with Crippen molar-refractivity contribution in [3.63, 3.8) is 0 Å². The van der Waals surface area contributed by atoms with Gasteiger partial charge >= 0.3 is 0 Å². The summed E-state index contributed by atoms with van der Waals surface area (Å²) >= 11 is 0. The molecule has 20 heavy (non-hydrogen) atoms. The van der Waals surface area contributed by atoms with Gasteiger partial charge in [0.05, 0.1) is 11.0 Å².